The van der Waals surface area contributed by atoms with Crippen molar-refractivity contribution in [2.24, 2.45) is 7.05 Å². The van der Waals surface area contributed by atoms with Crippen molar-refractivity contribution in [3.8, 4) is 6.07 Å². The maximum atomic E-state index is 12.7. The Morgan fingerprint density at radius 1 is 1.26 bits per heavy atom. The van der Waals surface area contributed by atoms with Gasteiger partial charge in [0.05, 0.1) is 40.8 Å². The van der Waals surface area contributed by atoms with E-state index in [0.29, 0.717) is 5.69 Å². The predicted octanol–water partition coefficient (Wildman–Crippen LogP) is 3.07. The highest BCUT2D eigenvalue weighted by Crippen LogP contribution is 2.30. The summed E-state index contributed by atoms with van der Waals surface area (Å²) in [5, 5.41) is 10.1. The summed E-state index contributed by atoms with van der Waals surface area (Å²) in [5.41, 5.74) is 4.16. The van der Waals surface area contributed by atoms with Crippen LogP contribution in [0.5, 0.6) is 0 Å². The van der Waals surface area contributed by atoms with Gasteiger partial charge in [-0.1, -0.05) is 18.3 Å². The minimum atomic E-state index is -0.0913. The van der Waals surface area contributed by atoms with Gasteiger partial charge >= 0.3 is 0 Å². The lowest BCUT2D eigenvalue weighted by Gasteiger charge is -2.44. The summed E-state index contributed by atoms with van der Waals surface area (Å²) in [4.78, 5) is 32.6. The molecule has 5 heterocycles. The molecule has 0 saturated carbocycles. The van der Waals surface area contributed by atoms with E-state index < -0.39 is 0 Å². The van der Waals surface area contributed by atoms with Crippen molar-refractivity contribution in [1.82, 2.24) is 29.0 Å². The number of hydrogen-bond donors (Lipinski definition) is 0. The van der Waals surface area contributed by atoms with Crippen LogP contribution in [0, 0.1) is 18.3 Å². The van der Waals surface area contributed by atoms with E-state index in [9.17, 15) is 4.79 Å². The molecule has 0 bridgehead atoms. The number of aryl methyl sites for hydroxylation is 2. The summed E-state index contributed by atoms with van der Waals surface area (Å²) in [6.07, 6.45) is 2.94. The molecule has 0 radical (unpaired) electrons. The maximum absolute atomic E-state index is 12.7. The van der Waals surface area contributed by atoms with Crippen LogP contribution in [-0.2, 0) is 13.5 Å². The van der Waals surface area contributed by atoms with Crippen molar-refractivity contribution in [3.05, 3.63) is 51.1 Å². The fraction of sp³-hybridized carbons (Fsp3) is 0.458. The fourth-order valence-electron chi connectivity index (χ4n) is 4.84. The third-order valence-corrected chi connectivity index (χ3v) is 7.66. The minimum Gasteiger partial charge on any atom is -0.363 e. The van der Waals surface area contributed by atoms with Crippen LogP contribution < -0.4 is 10.5 Å². The van der Waals surface area contributed by atoms with Crippen LogP contribution >= 0.6 is 11.3 Å². The molecule has 2 unspecified atom stereocenters. The van der Waals surface area contributed by atoms with Gasteiger partial charge in [0.2, 0.25) is 0 Å². The molecule has 4 aromatic heterocycles. The molecule has 9 nitrogen and oxygen atoms in total. The molecule has 1 fully saturated rings. The molecule has 0 aliphatic carbocycles. The van der Waals surface area contributed by atoms with Gasteiger partial charge in [-0.05, 0) is 32.4 Å². The van der Waals surface area contributed by atoms with Crippen LogP contribution in [0.1, 0.15) is 42.7 Å². The average Bonchev–Trinajstić information content (AvgIpc) is 3.43. The van der Waals surface area contributed by atoms with Gasteiger partial charge in [0.1, 0.15) is 10.3 Å². The topological polar surface area (TPSA) is 95.4 Å². The van der Waals surface area contributed by atoms with E-state index in [-0.39, 0.29) is 24.1 Å². The van der Waals surface area contributed by atoms with Gasteiger partial charge in [-0.15, -0.1) is 0 Å². The van der Waals surface area contributed by atoms with Crippen LogP contribution in [0.3, 0.4) is 0 Å². The van der Waals surface area contributed by atoms with Crippen LogP contribution in [-0.4, -0.2) is 54.7 Å². The van der Waals surface area contributed by atoms with Crippen molar-refractivity contribution >= 4 is 33.0 Å². The molecule has 4 aromatic rings. The number of pyridine rings is 1. The zero-order chi connectivity index (χ0) is 24.0. The van der Waals surface area contributed by atoms with E-state index in [1.807, 2.05) is 6.92 Å². The van der Waals surface area contributed by atoms with Crippen LogP contribution in [0.25, 0.3) is 16.0 Å². The number of anilines is 1. The smallest absolute Gasteiger partial charge is 0.267 e. The third kappa shape index (κ3) is 3.85. The second kappa shape index (κ2) is 8.81. The predicted molar refractivity (Wildman–Crippen MR) is 133 cm³/mol. The van der Waals surface area contributed by atoms with Crippen molar-refractivity contribution in [2.45, 2.75) is 45.7 Å². The Balaban J connectivity index is 1.44. The van der Waals surface area contributed by atoms with E-state index >= 15 is 0 Å². The molecule has 0 spiro atoms. The van der Waals surface area contributed by atoms with Crippen LogP contribution in [0.4, 0.5) is 5.69 Å². The molecule has 1 aliphatic heterocycles. The van der Waals surface area contributed by atoms with E-state index in [1.165, 1.54) is 4.68 Å². The Hall–Kier alpha value is -3.29. The zero-order valence-corrected chi connectivity index (χ0v) is 20.7. The Bertz CT molecular complexity index is 1460. The van der Waals surface area contributed by atoms with Crippen molar-refractivity contribution < 1.29 is 0 Å². The Morgan fingerprint density at radius 3 is 2.85 bits per heavy atom. The Labute approximate surface area is 201 Å². The summed E-state index contributed by atoms with van der Waals surface area (Å²) in [6.45, 7) is 8.91. The highest BCUT2D eigenvalue weighted by atomic mass is 32.1. The molecular formula is C24H28N8OS. The summed E-state index contributed by atoms with van der Waals surface area (Å²) >= 11 is 1.63. The molecule has 0 N–H and O–H groups in total. The number of nitrogens with zero attached hydrogens (tertiary/aromatic N) is 8. The van der Waals surface area contributed by atoms with Gasteiger partial charge in [-0.25, -0.2) is 24.1 Å². The minimum absolute atomic E-state index is 0.0913. The monoisotopic (exact) mass is 476 g/mol. The summed E-state index contributed by atoms with van der Waals surface area (Å²) in [5.74, 6) is 0. The maximum Gasteiger partial charge on any atom is 0.267 e. The Kier molecular flexibility index (Phi) is 5.83. The number of nitriles is 1. The standard InChI is InChI=1S/C24H28N8OS/c1-5-18-14-30(15(2)19-6-7-20-24(28-19)34-16(3)26-20)10-11-31(18)21-12-22(33)29(4)32-13-17(8-9-25)27-23(21)32/h6-7,12-13,15,18H,5,8,10-11,14H2,1-4H3. The van der Waals surface area contributed by atoms with Gasteiger partial charge in [0.25, 0.3) is 5.56 Å². The Morgan fingerprint density at radius 2 is 2.09 bits per heavy atom. The summed E-state index contributed by atoms with van der Waals surface area (Å²) in [7, 11) is 1.72. The molecular weight excluding hydrogens is 448 g/mol. The molecule has 176 valence electrons. The van der Waals surface area contributed by atoms with E-state index in [4.69, 9.17) is 15.2 Å². The van der Waals surface area contributed by atoms with E-state index in [1.54, 1.807) is 35.2 Å². The van der Waals surface area contributed by atoms with Gasteiger partial charge < -0.3 is 4.90 Å². The molecule has 0 amide bonds. The van der Waals surface area contributed by atoms with Crippen LogP contribution in [0.15, 0.2) is 29.2 Å². The molecule has 0 aromatic carbocycles. The lowest BCUT2D eigenvalue weighted by atomic mass is 10.0. The molecule has 1 saturated heterocycles. The second-order valence-corrected chi connectivity index (χ2v) is 10.0. The lowest BCUT2D eigenvalue weighted by Crippen LogP contribution is -2.54. The highest BCUT2D eigenvalue weighted by Gasteiger charge is 2.31. The lowest BCUT2D eigenvalue weighted by molar-refractivity contribution is 0.166. The SMILES string of the molecule is CCC1CN(C(C)c2ccc3nc(C)sc3n2)CCN1c1cc(=O)n(C)n2cc(CC#N)nc12. The molecule has 10 heteroatoms. The summed E-state index contributed by atoms with van der Waals surface area (Å²) in [6, 6.07) is 8.41. The highest BCUT2D eigenvalue weighted by molar-refractivity contribution is 7.18. The first kappa shape index (κ1) is 22.5. The number of thiazole rings is 1. The fourth-order valence-corrected chi connectivity index (χ4v) is 5.63. The van der Waals surface area contributed by atoms with Gasteiger partial charge in [-0.2, -0.15) is 5.26 Å². The second-order valence-electron chi connectivity index (χ2n) is 8.85. The first-order valence-electron chi connectivity index (χ1n) is 11.6. The number of piperazine rings is 1. The van der Waals surface area contributed by atoms with Gasteiger partial charge in [0.15, 0.2) is 5.65 Å². The van der Waals surface area contributed by atoms with E-state index in [2.05, 4.69) is 46.8 Å². The molecule has 34 heavy (non-hydrogen) atoms. The first-order chi connectivity index (χ1) is 16.4. The van der Waals surface area contributed by atoms with Crippen LogP contribution in [0.2, 0.25) is 0 Å². The normalized spacial score (nSPS) is 18.0. The number of imidazole rings is 1. The quantitative estimate of drug-likeness (QED) is 0.437. The number of rotatable bonds is 5. The van der Waals surface area contributed by atoms with Crippen molar-refractivity contribution in [2.75, 3.05) is 24.5 Å². The van der Waals surface area contributed by atoms with Gasteiger partial charge in [0, 0.05) is 44.8 Å². The summed E-state index contributed by atoms with van der Waals surface area (Å²) < 4.78 is 3.30. The van der Waals surface area contributed by atoms with Crippen molar-refractivity contribution in [3.63, 3.8) is 0 Å². The van der Waals surface area contributed by atoms with E-state index in [0.717, 1.165) is 58.4 Å². The van der Waals surface area contributed by atoms with Crippen molar-refractivity contribution in [1.29, 1.82) is 5.26 Å². The first-order valence-corrected chi connectivity index (χ1v) is 12.4. The number of hydrogen-bond acceptors (Lipinski definition) is 8. The molecule has 2 atom stereocenters. The third-order valence-electron chi connectivity index (χ3n) is 6.78. The number of fused-ring (bicyclic) bond motifs is 2. The number of aromatic nitrogens is 5. The zero-order valence-electron chi connectivity index (χ0n) is 19.9. The average molecular weight is 477 g/mol. The molecule has 5 rings (SSSR count). The largest absolute Gasteiger partial charge is 0.363 e. The molecule has 1 aliphatic rings. The van der Waals surface area contributed by atoms with Gasteiger partial charge in [-0.3, -0.25) is 9.69 Å².